The van der Waals surface area contributed by atoms with Gasteiger partial charge in [0.2, 0.25) is 0 Å². The average Bonchev–Trinajstić information content (AvgIpc) is 3.10. The van der Waals surface area contributed by atoms with Gasteiger partial charge < -0.3 is 14.4 Å². The third-order valence-corrected chi connectivity index (χ3v) is 9.84. The van der Waals surface area contributed by atoms with Gasteiger partial charge in [-0.2, -0.15) is 0 Å². The number of carbonyl (C=O) groups excluding carboxylic acids is 1. The van der Waals surface area contributed by atoms with Crippen molar-refractivity contribution in [3.63, 3.8) is 0 Å². The van der Waals surface area contributed by atoms with Gasteiger partial charge in [-0.25, -0.2) is 4.21 Å². The second kappa shape index (κ2) is 12.3. The van der Waals surface area contributed by atoms with Crippen LogP contribution in [0, 0.1) is 11.8 Å². The summed E-state index contributed by atoms with van der Waals surface area (Å²) in [5, 5.41) is 0. The Balaban J connectivity index is 1.50. The van der Waals surface area contributed by atoms with Gasteiger partial charge in [0.15, 0.2) is 0 Å². The van der Waals surface area contributed by atoms with Gasteiger partial charge in [0, 0.05) is 36.9 Å². The number of methoxy groups -OCH3 is 1. The van der Waals surface area contributed by atoms with Crippen LogP contribution in [-0.2, 0) is 27.6 Å². The first kappa shape index (κ1) is 27.9. The van der Waals surface area contributed by atoms with Gasteiger partial charge in [0.1, 0.15) is 16.7 Å². The number of allylic oxidation sites excluding steroid dienone is 1. The number of hydrogen-bond acceptors (Lipinski definition) is 5. The maximum Gasteiger partial charge on any atom is 0.263 e. The summed E-state index contributed by atoms with van der Waals surface area (Å²) < 4.78 is 27.2. The molecule has 2 aromatic rings. The molecule has 39 heavy (non-hydrogen) atoms. The number of ether oxygens (including phenoxy) is 2. The molecule has 0 aromatic heterocycles. The van der Waals surface area contributed by atoms with Crippen LogP contribution in [-0.4, -0.2) is 48.8 Å². The Bertz CT molecular complexity index is 1230. The highest BCUT2D eigenvalue weighted by molar-refractivity contribution is 7.83. The van der Waals surface area contributed by atoms with Crippen molar-refractivity contribution in [2.24, 2.45) is 11.8 Å². The highest BCUT2D eigenvalue weighted by Crippen LogP contribution is 2.46. The van der Waals surface area contributed by atoms with Crippen molar-refractivity contribution in [1.82, 2.24) is 4.72 Å². The predicted molar refractivity (Wildman–Crippen MR) is 158 cm³/mol. The molecule has 1 amide bonds. The van der Waals surface area contributed by atoms with Crippen molar-refractivity contribution in [2.45, 2.75) is 63.9 Å². The van der Waals surface area contributed by atoms with Crippen molar-refractivity contribution < 1.29 is 18.5 Å². The molecule has 5 atom stereocenters. The minimum Gasteiger partial charge on any atom is -0.490 e. The molecule has 0 saturated heterocycles. The van der Waals surface area contributed by atoms with E-state index in [2.05, 4.69) is 53.0 Å². The summed E-state index contributed by atoms with van der Waals surface area (Å²) in [6.45, 7) is 6.29. The van der Waals surface area contributed by atoms with E-state index in [4.69, 9.17) is 9.47 Å². The fraction of sp³-hybridized carbons (Fsp3) is 0.531. The number of amides is 1. The number of fused-ring (bicyclic) bond motifs is 3. The third kappa shape index (κ3) is 5.80. The van der Waals surface area contributed by atoms with Crippen molar-refractivity contribution in [3.05, 3.63) is 71.3 Å². The molecule has 4 unspecified atom stereocenters. The summed E-state index contributed by atoms with van der Waals surface area (Å²) in [4.78, 5) is 15.4. The molecule has 6 nitrogen and oxygen atoms in total. The van der Waals surface area contributed by atoms with Gasteiger partial charge in [-0.05, 0) is 79.7 Å². The van der Waals surface area contributed by atoms with E-state index in [1.807, 2.05) is 19.2 Å². The Morgan fingerprint density at radius 2 is 2.10 bits per heavy atom. The van der Waals surface area contributed by atoms with Gasteiger partial charge >= 0.3 is 0 Å². The van der Waals surface area contributed by atoms with Crippen LogP contribution >= 0.6 is 0 Å². The Labute approximate surface area is 235 Å². The van der Waals surface area contributed by atoms with Crippen LogP contribution in [0.4, 0.5) is 5.69 Å². The van der Waals surface area contributed by atoms with E-state index in [-0.39, 0.29) is 17.4 Å². The molecule has 5 rings (SSSR count). The smallest absolute Gasteiger partial charge is 0.263 e. The third-order valence-electron chi connectivity index (χ3n) is 8.90. The van der Waals surface area contributed by atoms with E-state index in [0.29, 0.717) is 29.8 Å². The van der Waals surface area contributed by atoms with Crippen molar-refractivity contribution in [1.29, 1.82) is 0 Å². The molecule has 7 heteroatoms. The molecular weight excluding hydrogens is 508 g/mol. The van der Waals surface area contributed by atoms with Crippen LogP contribution in [0.25, 0.3) is 0 Å². The fourth-order valence-corrected chi connectivity index (χ4v) is 7.13. The van der Waals surface area contributed by atoms with E-state index in [1.165, 1.54) is 11.1 Å². The molecular formula is C32H42N2O4S. The molecule has 210 valence electrons. The highest BCUT2D eigenvalue weighted by Gasteiger charge is 2.44. The van der Waals surface area contributed by atoms with E-state index < -0.39 is 11.0 Å². The number of carbonyl (C=O) groups is 1. The quantitative estimate of drug-likeness (QED) is 0.413. The van der Waals surface area contributed by atoms with Gasteiger partial charge in [0.25, 0.3) is 5.91 Å². The zero-order valence-electron chi connectivity index (χ0n) is 23.5. The molecule has 3 aliphatic rings. The van der Waals surface area contributed by atoms with Crippen LogP contribution < -0.4 is 14.4 Å². The number of aryl methyl sites for hydroxylation is 1. The largest absolute Gasteiger partial charge is 0.490 e. The second-order valence-electron chi connectivity index (χ2n) is 11.2. The Hall–Kier alpha value is -2.64. The van der Waals surface area contributed by atoms with Gasteiger partial charge in [-0.1, -0.05) is 50.3 Å². The number of nitrogens with zero attached hydrogens (tertiary/aromatic N) is 1. The Morgan fingerprint density at radius 3 is 2.85 bits per heavy atom. The Kier molecular flexibility index (Phi) is 8.77. The van der Waals surface area contributed by atoms with E-state index in [9.17, 15) is 9.00 Å². The predicted octanol–water partition coefficient (Wildman–Crippen LogP) is 5.58. The first-order valence-electron chi connectivity index (χ1n) is 14.5. The highest BCUT2D eigenvalue weighted by atomic mass is 32.2. The van der Waals surface area contributed by atoms with Crippen LogP contribution in [0.3, 0.4) is 0 Å². The summed E-state index contributed by atoms with van der Waals surface area (Å²) >= 11 is 0. The minimum atomic E-state index is -1.39. The molecule has 1 N–H and O–H groups in total. The number of benzene rings is 2. The normalized spacial score (nSPS) is 25.7. The van der Waals surface area contributed by atoms with Crippen molar-refractivity contribution in [2.75, 3.05) is 37.5 Å². The fourth-order valence-electron chi connectivity index (χ4n) is 6.66. The van der Waals surface area contributed by atoms with E-state index >= 15 is 0 Å². The molecule has 1 saturated carbocycles. The molecule has 2 aliphatic carbocycles. The molecule has 1 fully saturated rings. The number of nitrogens with one attached hydrogen (secondary N) is 1. The molecule has 0 radical (unpaired) electrons. The molecule has 1 heterocycles. The maximum atomic E-state index is 12.9. The molecule has 1 aliphatic heterocycles. The van der Waals surface area contributed by atoms with Crippen LogP contribution in [0.2, 0.25) is 0 Å². The monoisotopic (exact) mass is 550 g/mol. The summed E-state index contributed by atoms with van der Waals surface area (Å²) in [5.74, 6) is 1.84. The van der Waals surface area contributed by atoms with E-state index in [1.54, 1.807) is 13.0 Å². The maximum absolute atomic E-state index is 12.9. The lowest BCUT2D eigenvalue weighted by Crippen LogP contribution is -2.49. The summed E-state index contributed by atoms with van der Waals surface area (Å²) in [5.41, 5.74) is 4.17. The number of rotatable bonds is 9. The lowest BCUT2D eigenvalue weighted by Gasteiger charge is -2.46. The molecule has 2 aromatic carbocycles. The summed E-state index contributed by atoms with van der Waals surface area (Å²) in [6, 6.07) is 14.5. The minimum absolute atomic E-state index is 0.109. The van der Waals surface area contributed by atoms with Crippen molar-refractivity contribution in [3.8, 4) is 5.75 Å². The summed E-state index contributed by atoms with van der Waals surface area (Å²) in [7, 11) is 0.428. The van der Waals surface area contributed by atoms with Crippen LogP contribution in [0.5, 0.6) is 5.75 Å². The topological polar surface area (TPSA) is 67.9 Å². The lowest BCUT2D eigenvalue weighted by molar-refractivity contribution is 0.0132. The Morgan fingerprint density at radius 1 is 1.26 bits per heavy atom. The first-order chi connectivity index (χ1) is 19.0. The van der Waals surface area contributed by atoms with Gasteiger partial charge in [-0.15, -0.1) is 0 Å². The number of hydrogen-bond donors (Lipinski definition) is 1. The van der Waals surface area contributed by atoms with Gasteiger partial charge in [-0.3, -0.25) is 9.52 Å². The standard InChI is InChI=1S/C32H42N2O4S/c1-4-6-13-29(37-3)26-16-14-25(26)20-34-21-32(18-9-11-23-10-7-8-12-27(23)32)22-38-30-17-15-24(19-28(30)34)31(35)33-39(36)5-2/h6-8,10,12-13,15,17,19,25-26,29H,4-5,9,11,14,16,18,20-22H2,1-3H3,(H,33,35)/b13-6+/t25?,26?,29?,32-,39?/m0/s1. The van der Waals surface area contributed by atoms with Gasteiger partial charge in [0.05, 0.1) is 18.4 Å². The molecule has 0 bridgehead atoms. The number of anilines is 1. The van der Waals surface area contributed by atoms with Crippen LogP contribution in [0.15, 0.2) is 54.6 Å². The second-order valence-corrected chi connectivity index (χ2v) is 12.7. The molecule has 1 spiro atoms. The SMILES string of the molecule is CC/C=C/C(OC)C1CCC1CN1C[C@@]2(CCCc3ccccc32)COc2ccc(C(=O)NS(=O)CC)cc21. The first-order valence-corrected chi connectivity index (χ1v) is 15.8. The summed E-state index contributed by atoms with van der Waals surface area (Å²) in [6.07, 6.45) is 11.2. The van der Waals surface area contributed by atoms with E-state index in [0.717, 1.165) is 63.1 Å². The van der Waals surface area contributed by atoms with Crippen LogP contribution in [0.1, 0.15) is 67.4 Å². The zero-order chi connectivity index (χ0) is 27.4. The zero-order valence-corrected chi connectivity index (χ0v) is 24.3. The average molecular weight is 551 g/mol. The van der Waals surface area contributed by atoms with Crippen molar-refractivity contribution >= 4 is 22.6 Å². The lowest BCUT2D eigenvalue weighted by atomic mass is 9.68.